The highest BCUT2D eigenvalue weighted by Gasteiger charge is 2.19. The molecule has 0 aliphatic rings. The van der Waals surface area contributed by atoms with Crippen LogP contribution >= 0.6 is 22.9 Å². The summed E-state index contributed by atoms with van der Waals surface area (Å²) < 4.78 is 11.0. The first-order valence-corrected chi connectivity index (χ1v) is 9.14. The van der Waals surface area contributed by atoms with Crippen molar-refractivity contribution < 1.29 is 19.1 Å². The van der Waals surface area contributed by atoms with Crippen molar-refractivity contribution >= 4 is 39.8 Å². The second-order valence-electron chi connectivity index (χ2n) is 6.11. The first-order valence-electron chi connectivity index (χ1n) is 7.94. The summed E-state index contributed by atoms with van der Waals surface area (Å²) in [4.78, 5) is 24.9. The number of carbonyl (C=O) groups is 2. The van der Waals surface area contributed by atoms with E-state index in [4.69, 9.17) is 26.8 Å². The Labute approximate surface area is 161 Å². The molecular weight excluding hydrogens is 376 g/mol. The van der Waals surface area contributed by atoms with Crippen LogP contribution in [0.4, 0.5) is 5.00 Å². The number of hydrogen-bond acceptors (Lipinski definition) is 5. The van der Waals surface area contributed by atoms with Crippen molar-refractivity contribution in [1.29, 1.82) is 0 Å². The van der Waals surface area contributed by atoms with Gasteiger partial charge in [-0.25, -0.2) is 0 Å². The summed E-state index contributed by atoms with van der Waals surface area (Å²) in [6, 6.07) is 4.68. The average molecular weight is 397 g/mol. The van der Waals surface area contributed by atoms with Crippen molar-refractivity contribution in [2.75, 3.05) is 19.0 Å². The third kappa shape index (κ3) is 4.68. The number of amides is 2. The van der Waals surface area contributed by atoms with Crippen molar-refractivity contribution in [1.82, 2.24) is 0 Å². The highest BCUT2D eigenvalue weighted by Crippen LogP contribution is 2.37. The number of aryl methyl sites for hydroxylation is 1. The minimum atomic E-state index is -0.599. The molecule has 0 fully saturated rings. The predicted octanol–water partition coefficient (Wildman–Crippen LogP) is 4.10. The van der Waals surface area contributed by atoms with Crippen LogP contribution in [0.1, 0.15) is 39.4 Å². The molecule has 2 aromatic rings. The van der Waals surface area contributed by atoms with Gasteiger partial charge in [0.2, 0.25) is 0 Å². The van der Waals surface area contributed by atoms with E-state index in [0.717, 1.165) is 4.88 Å². The van der Waals surface area contributed by atoms with Crippen LogP contribution in [-0.2, 0) is 0 Å². The van der Waals surface area contributed by atoms with Crippen molar-refractivity contribution in [3.05, 3.63) is 39.2 Å². The molecule has 140 valence electrons. The minimum absolute atomic E-state index is 0.271. The van der Waals surface area contributed by atoms with Gasteiger partial charge in [0, 0.05) is 10.4 Å². The molecule has 3 N–H and O–H groups in total. The molecule has 0 unspecified atom stereocenters. The highest BCUT2D eigenvalue weighted by molar-refractivity contribution is 7.16. The summed E-state index contributed by atoms with van der Waals surface area (Å²) in [5.41, 5.74) is 5.90. The van der Waals surface area contributed by atoms with Gasteiger partial charge in [-0.1, -0.05) is 25.4 Å². The van der Waals surface area contributed by atoms with Gasteiger partial charge >= 0.3 is 0 Å². The normalized spacial score (nSPS) is 10.7. The Hall–Kier alpha value is -2.25. The van der Waals surface area contributed by atoms with Gasteiger partial charge in [0.25, 0.3) is 11.8 Å². The van der Waals surface area contributed by atoms with Gasteiger partial charge in [0.05, 0.1) is 24.3 Å². The van der Waals surface area contributed by atoms with Gasteiger partial charge in [-0.2, -0.15) is 0 Å². The average Bonchev–Trinajstić information content (AvgIpc) is 2.93. The standard InChI is InChI=1S/C18H21ClN2O4S/c1-9(2)8-25-15-13(19)6-11(7-14(15)24-4)17(23)21-18-12(16(20)22)5-10(3)26-18/h5-7,9H,8H2,1-4H3,(H2,20,22)(H,21,23). The third-order valence-corrected chi connectivity index (χ3v) is 4.65. The van der Waals surface area contributed by atoms with Gasteiger partial charge in [0.1, 0.15) is 5.00 Å². The van der Waals surface area contributed by atoms with Gasteiger partial charge in [-0.3, -0.25) is 9.59 Å². The van der Waals surface area contributed by atoms with E-state index in [1.807, 2.05) is 20.8 Å². The Morgan fingerprint density at radius 3 is 2.58 bits per heavy atom. The molecule has 0 atom stereocenters. The van der Waals surface area contributed by atoms with Gasteiger partial charge < -0.3 is 20.5 Å². The van der Waals surface area contributed by atoms with E-state index in [9.17, 15) is 9.59 Å². The van der Waals surface area contributed by atoms with Crippen LogP contribution in [0.25, 0.3) is 0 Å². The second-order valence-corrected chi connectivity index (χ2v) is 7.78. The zero-order valence-electron chi connectivity index (χ0n) is 15.0. The summed E-state index contributed by atoms with van der Waals surface area (Å²) in [6.45, 7) is 6.33. The number of anilines is 1. The molecule has 0 aliphatic heterocycles. The molecule has 0 saturated carbocycles. The van der Waals surface area contributed by atoms with E-state index >= 15 is 0 Å². The van der Waals surface area contributed by atoms with Crippen LogP contribution in [0.3, 0.4) is 0 Å². The number of nitrogens with one attached hydrogen (secondary N) is 1. The van der Waals surface area contributed by atoms with Crippen LogP contribution in [0.15, 0.2) is 18.2 Å². The molecule has 0 aliphatic carbocycles. The molecule has 8 heteroatoms. The lowest BCUT2D eigenvalue weighted by Gasteiger charge is -2.15. The molecule has 0 radical (unpaired) electrons. The zero-order chi connectivity index (χ0) is 19.4. The number of thiophene rings is 1. The zero-order valence-corrected chi connectivity index (χ0v) is 16.6. The van der Waals surface area contributed by atoms with Gasteiger partial charge in [-0.15, -0.1) is 11.3 Å². The predicted molar refractivity (Wildman–Crippen MR) is 104 cm³/mol. The maximum atomic E-state index is 12.6. The first kappa shape index (κ1) is 20.1. The Kier molecular flexibility index (Phi) is 6.50. The summed E-state index contributed by atoms with van der Waals surface area (Å²) in [5.74, 6) is 0.0423. The fraction of sp³-hybridized carbons (Fsp3) is 0.333. The lowest BCUT2D eigenvalue weighted by molar-refractivity contribution is 0.100. The topological polar surface area (TPSA) is 90.6 Å². The van der Waals surface area contributed by atoms with Crippen LogP contribution in [0.5, 0.6) is 11.5 Å². The van der Waals surface area contributed by atoms with Crippen molar-refractivity contribution in [2.45, 2.75) is 20.8 Å². The Bertz CT molecular complexity index is 833. The Morgan fingerprint density at radius 1 is 1.31 bits per heavy atom. The van der Waals surface area contributed by atoms with E-state index in [1.54, 1.807) is 12.1 Å². The van der Waals surface area contributed by atoms with Crippen molar-refractivity contribution in [3.63, 3.8) is 0 Å². The largest absolute Gasteiger partial charge is 0.493 e. The first-order chi connectivity index (χ1) is 12.2. The van der Waals surface area contributed by atoms with Gasteiger partial charge in [-0.05, 0) is 31.0 Å². The van der Waals surface area contributed by atoms with Crippen LogP contribution < -0.4 is 20.5 Å². The number of hydrogen-bond donors (Lipinski definition) is 2. The van der Waals surface area contributed by atoms with Gasteiger partial charge in [0.15, 0.2) is 11.5 Å². The Morgan fingerprint density at radius 2 is 2.00 bits per heavy atom. The SMILES string of the molecule is COc1cc(C(=O)Nc2sc(C)cc2C(N)=O)cc(Cl)c1OCC(C)C. The summed E-state index contributed by atoms with van der Waals surface area (Å²) >= 11 is 7.55. The molecule has 0 spiro atoms. The molecule has 0 saturated heterocycles. The molecule has 6 nitrogen and oxygen atoms in total. The molecule has 1 heterocycles. The van der Waals surface area contributed by atoms with Crippen LogP contribution in [0.2, 0.25) is 5.02 Å². The fourth-order valence-corrected chi connectivity index (χ4v) is 3.38. The smallest absolute Gasteiger partial charge is 0.256 e. The summed E-state index contributed by atoms with van der Waals surface area (Å²) in [7, 11) is 1.48. The maximum absolute atomic E-state index is 12.6. The number of methoxy groups -OCH3 is 1. The van der Waals surface area contributed by atoms with Crippen LogP contribution in [0, 0.1) is 12.8 Å². The second kappa shape index (κ2) is 8.42. The number of halogens is 1. The quantitative estimate of drug-likeness (QED) is 0.736. The van der Waals surface area contributed by atoms with Crippen molar-refractivity contribution in [2.24, 2.45) is 11.7 Å². The molecule has 26 heavy (non-hydrogen) atoms. The molecule has 0 bridgehead atoms. The molecule has 1 aromatic heterocycles. The third-order valence-electron chi connectivity index (χ3n) is 3.40. The number of benzene rings is 1. The number of ether oxygens (including phenoxy) is 2. The molecule has 2 amide bonds. The van der Waals surface area contributed by atoms with E-state index in [2.05, 4.69) is 5.32 Å². The number of rotatable bonds is 7. The summed E-state index contributed by atoms with van der Waals surface area (Å²) in [6.07, 6.45) is 0. The van der Waals surface area contributed by atoms with Crippen molar-refractivity contribution in [3.8, 4) is 11.5 Å². The number of carbonyl (C=O) groups excluding carboxylic acids is 2. The molecular formula is C18H21ClN2O4S. The van der Waals surface area contributed by atoms with Crippen LogP contribution in [-0.4, -0.2) is 25.5 Å². The summed E-state index contributed by atoms with van der Waals surface area (Å²) in [5, 5.41) is 3.37. The number of nitrogens with two attached hydrogens (primary N) is 1. The lowest BCUT2D eigenvalue weighted by Crippen LogP contribution is -2.16. The van der Waals surface area contributed by atoms with E-state index < -0.39 is 11.8 Å². The maximum Gasteiger partial charge on any atom is 0.256 e. The minimum Gasteiger partial charge on any atom is -0.493 e. The highest BCUT2D eigenvalue weighted by atomic mass is 35.5. The lowest BCUT2D eigenvalue weighted by atomic mass is 10.1. The van der Waals surface area contributed by atoms with E-state index in [1.165, 1.54) is 24.5 Å². The van der Waals surface area contributed by atoms with E-state index in [0.29, 0.717) is 29.0 Å². The monoisotopic (exact) mass is 396 g/mol. The number of primary amides is 1. The fourth-order valence-electron chi connectivity index (χ4n) is 2.21. The molecule has 1 aromatic carbocycles. The van der Waals surface area contributed by atoms with E-state index in [-0.39, 0.29) is 16.1 Å². The molecule has 2 rings (SSSR count). The Balaban J connectivity index is 2.29.